The van der Waals surface area contributed by atoms with Crippen LogP contribution >= 0.6 is 0 Å². The zero-order valence-corrected chi connectivity index (χ0v) is 9.88. The van der Waals surface area contributed by atoms with E-state index in [1.165, 1.54) is 11.1 Å². The molecule has 15 heavy (non-hydrogen) atoms. The topological polar surface area (TPSA) is 38.4 Å². The molecule has 0 aromatic heterocycles. The van der Waals surface area contributed by atoms with Crippen molar-refractivity contribution in [2.24, 2.45) is 4.99 Å². The van der Waals surface area contributed by atoms with E-state index in [1.54, 1.807) is 0 Å². The summed E-state index contributed by atoms with van der Waals surface area (Å²) < 4.78 is 0. The van der Waals surface area contributed by atoms with E-state index in [1.807, 2.05) is 6.21 Å². The van der Waals surface area contributed by atoms with Crippen LogP contribution in [0.5, 0.6) is 0 Å². The molecule has 0 radical (unpaired) electrons. The zero-order valence-electron chi connectivity index (χ0n) is 9.88. The van der Waals surface area contributed by atoms with Gasteiger partial charge in [-0.05, 0) is 31.4 Å². The molecule has 0 aliphatic heterocycles. The van der Waals surface area contributed by atoms with Crippen molar-refractivity contribution < 1.29 is 0 Å². The number of nitrogens with zero attached hydrogens (tertiary/aromatic N) is 1. The number of hydrogen-bond acceptors (Lipinski definition) is 2. The Morgan fingerprint density at radius 1 is 1.33 bits per heavy atom. The Morgan fingerprint density at radius 2 is 2.07 bits per heavy atom. The summed E-state index contributed by atoms with van der Waals surface area (Å²) in [5, 5.41) is 0. The van der Waals surface area contributed by atoms with Gasteiger partial charge in [0, 0.05) is 24.0 Å². The second-order valence-corrected chi connectivity index (χ2v) is 3.82. The van der Waals surface area contributed by atoms with E-state index in [0.717, 1.165) is 30.6 Å². The highest BCUT2D eigenvalue weighted by molar-refractivity contribution is 5.88. The molecule has 0 spiro atoms. The standard InChI is InChI=1S/C13H20N2/c1-4-6-15-9-12-8-10(3)7-11(5-2)13(12)14/h7-9H,4-6,14H2,1-3H3. The molecule has 0 saturated carbocycles. The molecule has 1 rings (SSSR count). The Hall–Kier alpha value is -1.31. The Balaban J connectivity index is 3.01. The molecule has 0 bridgehead atoms. The van der Waals surface area contributed by atoms with Crippen LogP contribution in [0.15, 0.2) is 17.1 Å². The number of aryl methyl sites for hydroxylation is 2. The minimum atomic E-state index is 0.870. The van der Waals surface area contributed by atoms with Gasteiger partial charge in [0.25, 0.3) is 0 Å². The lowest BCUT2D eigenvalue weighted by Crippen LogP contribution is -2.00. The maximum atomic E-state index is 6.05. The minimum Gasteiger partial charge on any atom is -0.398 e. The third-order valence-electron chi connectivity index (χ3n) is 2.41. The molecular formula is C13H20N2. The van der Waals surface area contributed by atoms with Crippen molar-refractivity contribution in [3.8, 4) is 0 Å². The van der Waals surface area contributed by atoms with Crippen molar-refractivity contribution in [3.05, 3.63) is 28.8 Å². The Kier molecular flexibility index (Phi) is 4.35. The zero-order chi connectivity index (χ0) is 11.3. The highest BCUT2D eigenvalue weighted by Gasteiger charge is 2.02. The summed E-state index contributed by atoms with van der Waals surface area (Å²) in [6.45, 7) is 7.21. The number of hydrogen-bond donors (Lipinski definition) is 1. The van der Waals surface area contributed by atoms with Crippen LogP contribution in [-0.2, 0) is 6.42 Å². The molecule has 0 atom stereocenters. The Morgan fingerprint density at radius 3 is 2.67 bits per heavy atom. The number of nitrogens with two attached hydrogens (primary N) is 1. The third kappa shape index (κ3) is 3.08. The fourth-order valence-corrected chi connectivity index (χ4v) is 1.59. The maximum absolute atomic E-state index is 6.05. The molecule has 1 aromatic carbocycles. The molecule has 1 aromatic rings. The summed E-state index contributed by atoms with van der Waals surface area (Å²) in [6, 6.07) is 4.24. The molecule has 0 fully saturated rings. The summed E-state index contributed by atoms with van der Waals surface area (Å²) in [4.78, 5) is 4.33. The van der Waals surface area contributed by atoms with Gasteiger partial charge < -0.3 is 5.73 Å². The molecule has 82 valence electrons. The van der Waals surface area contributed by atoms with Gasteiger partial charge in [0.15, 0.2) is 0 Å². The van der Waals surface area contributed by atoms with Gasteiger partial charge in [0.05, 0.1) is 0 Å². The van der Waals surface area contributed by atoms with E-state index in [0.29, 0.717) is 0 Å². The summed E-state index contributed by atoms with van der Waals surface area (Å²) in [7, 11) is 0. The normalized spacial score (nSPS) is 11.1. The molecule has 0 saturated heterocycles. The second-order valence-electron chi connectivity index (χ2n) is 3.82. The monoisotopic (exact) mass is 204 g/mol. The van der Waals surface area contributed by atoms with Gasteiger partial charge in [-0.15, -0.1) is 0 Å². The lowest BCUT2D eigenvalue weighted by molar-refractivity contribution is 0.937. The molecule has 0 unspecified atom stereocenters. The molecule has 0 aliphatic rings. The van der Waals surface area contributed by atoms with Crippen LogP contribution in [0.1, 0.15) is 37.0 Å². The Bertz CT molecular complexity index is 354. The van der Waals surface area contributed by atoms with Crippen molar-refractivity contribution in [2.75, 3.05) is 12.3 Å². The largest absolute Gasteiger partial charge is 0.398 e. The fraction of sp³-hybridized carbons (Fsp3) is 0.462. The van der Waals surface area contributed by atoms with Gasteiger partial charge in [-0.3, -0.25) is 4.99 Å². The fourth-order valence-electron chi connectivity index (χ4n) is 1.59. The maximum Gasteiger partial charge on any atom is 0.0435 e. The van der Waals surface area contributed by atoms with Crippen molar-refractivity contribution in [1.29, 1.82) is 0 Å². The number of aliphatic imine (C=N–C) groups is 1. The van der Waals surface area contributed by atoms with E-state index in [4.69, 9.17) is 5.73 Å². The lowest BCUT2D eigenvalue weighted by Gasteiger charge is -2.08. The Labute approximate surface area is 92.2 Å². The molecular weight excluding hydrogens is 184 g/mol. The lowest BCUT2D eigenvalue weighted by atomic mass is 10.0. The summed E-state index contributed by atoms with van der Waals surface area (Å²) in [6.07, 6.45) is 3.94. The van der Waals surface area contributed by atoms with E-state index in [-0.39, 0.29) is 0 Å². The number of nitrogen functional groups attached to an aromatic ring is 1. The first-order chi connectivity index (χ1) is 7.19. The van der Waals surface area contributed by atoms with Gasteiger partial charge in [-0.1, -0.05) is 25.5 Å². The number of anilines is 1. The average Bonchev–Trinajstić information content (AvgIpc) is 2.23. The second kappa shape index (κ2) is 5.54. The van der Waals surface area contributed by atoms with Crippen LogP contribution in [0.25, 0.3) is 0 Å². The van der Waals surface area contributed by atoms with Gasteiger partial charge in [0.1, 0.15) is 0 Å². The highest BCUT2D eigenvalue weighted by Crippen LogP contribution is 2.19. The molecule has 2 N–H and O–H groups in total. The first-order valence-electron chi connectivity index (χ1n) is 5.57. The van der Waals surface area contributed by atoms with Crippen LogP contribution in [0, 0.1) is 6.92 Å². The van der Waals surface area contributed by atoms with Crippen LogP contribution in [0.3, 0.4) is 0 Å². The molecule has 2 heteroatoms. The molecule has 2 nitrogen and oxygen atoms in total. The van der Waals surface area contributed by atoms with E-state index in [2.05, 4.69) is 37.9 Å². The first kappa shape index (κ1) is 11.8. The summed E-state index contributed by atoms with van der Waals surface area (Å²) in [5.41, 5.74) is 10.5. The van der Waals surface area contributed by atoms with Crippen LogP contribution in [-0.4, -0.2) is 12.8 Å². The van der Waals surface area contributed by atoms with Crippen LogP contribution in [0.4, 0.5) is 5.69 Å². The predicted octanol–water partition coefficient (Wildman–Crippen LogP) is 2.97. The van der Waals surface area contributed by atoms with E-state index in [9.17, 15) is 0 Å². The summed E-state index contributed by atoms with van der Waals surface area (Å²) >= 11 is 0. The predicted molar refractivity (Wildman–Crippen MR) is 67.7 cm³/mol. The van der Waals surface area contributed by atoms with Gasteiger partial charge in [-0.2, -0.15) is 0 Å². The quantitative estimate of drug-likeness (QED) is 0.594. The van der Waals surface area contributed by atoms with Crippen molar-refractivity contribution in [2.45, 2.75) is 33.6 Å². The van der Waals surface area contributed by atoms with E-state index >= 15 is 0 Å². The molecule has 0 aliphatic carbocycles. The van der Waals surface area contributed by atoms with Crippen LogP contribution < -0.4 is 5.73 Å². The minimum absolute atomic E-state index is 0.870. The third-order valence-corrected chi connectivity index (χ3v) is 2.41. The van der Waals surface area contributed by atoms with Crippen molar-refractivity contribution >= 4 is 11.9 Å². The van der Waals surface area contributed by atoms with Gasteiger partial charge in [-0.25, -0.2) is 0 Å². The number of rotatable bonds is 4. The van der Waals surface area contributed by atoms with Gasteiger partial charge >= 0.3 is 0 Å². The van der Waals surface area contributed by atoms with Crippen LogP contribution in [0.2, 0.25) is 0 Å². The first-order valence-corrected chi connectivity index (χ1v) is 5.57. The average molecular weight is 204 g/mol. The molecule has 0 heterocycles. The molecule has 0 amide bonds. The smallest absolute Gasteiger partial charge is 0.0435 e. The van der Waals surface area contributed by atoms with Crippen molar-refractivity contribution in [3.63, 3.8) is 0 Å². The summed E-state index contributed by atoms with van der Waals surface area (Å²) in [5.74, 6) is 0. The highest BCUT2D eigenvalue weighted by atomic mass is 14.7. The number of benzene rings is 1. The van der Waals surface area contributed by atoms with E-state index < -0.39 is 0 Å². The van der Waals surface area contributed by atoms with Crippen molar-refractivity contribution in [1.82, 2.24) is 0 Å². The SMILES string of the molecule is CCCN=Cc1cc(C)cc(CC)c1N. The van der Waals surface area contributed by atoms with Gasteiger partial charge in [0.2, 0.25) is 0 Å².